The Hall–Kier alpha value is -1.81. The summed E-state index contributed by atoms with van der Waals surface area (Å²) in [6.07, 6.45) is 2.82. The third-order valence-corrected chi connectivity index (χ3v) is 2.45. The SMILES string of the molecule is CC(O)c1nccn1Cc1ccccc1O. The van der Waals surface area contributed by atoms with Gasteiger partial charge in [-0.3, -0.25) is 0 Å². The maximum Gasteiger partial charge on any atom is 0.137 e. The van der Waals surface area contributed by atoms with E-state index in [1.54, 1.807) is 31.5 Å². The number of aromatic hydroxyl groups is 1. The number of para-hydroxylation sites is 1. The molecule has 1 atom stereocenters. The molecule has 1 aromatic heterocycles. The van der Waals surface area contributed by atoms with Gasteiger partial charge >= 0.3 is 0 Å². The van der Waals surface area contributed by atoms with E-state index in [0.29, 0.717) is 12.4 Å². The van der Waals surface area contributed by atoms with Crippen molar-refractivity contribution in [2.45, 2.75) is 19.6 Å². The summed E-state index contributed by atoms with van der Waals surface area (Å²) in [7, 11) is 0. The predicted octanol–water partition coefficient (Wildman–Crippen LogP) is 1.69. The van der Waals surface area contributed by atoms with Crippen molar-refractivity contribution in [3.63, 3.8) is 0 Å². The van der Waals surface area contributed by atoms with Gasteiger partial charge < -0.3 is 14.8 Å². The molecule has 1 aromatic carbocycles. The summed E-state index contributed by atoms with van der Waals surface area (Å²) in [6, 6.07) is 7.14. The molecular formula is C12H14N2O2. The Morgan fingerprint density at radius 3 is 2.81 bits per heavy atom. The van der Waals surface area contributed by atoms with Crippen LogP contribution in [0.2, 0.25) is 0 Å². The van der Waals surface area contributed by atoms with E-state index >= 15 is 0 Å². The van der Waals surface area contributed by atoms with Crippen LogP contribution in [0.15, 0.2) is 36.7 Å². The number of hydrogen-bond donors (Lipinski definition) is 2. The zero-order chi connectivity index (χ0) is 11.5. The molecule has 4 nitrogen and oxygen atoms in total. The van der Waals surface area contributed by atoms with Crippen LogP contribution >= 0.6 is 0 Å². The van der Waals surface area contributed by atoms with Gasteiger partial charge in [-0.25, -0.2) is 4.98 Å². The van der Waals surface area contributed by atoms with Crippen molar-refractivity contribution in [3.8, 4) is 5.75 Å². The lowest BCUT2D eigenvalue weighted by molar-refractivity contribution is 0.184. The van der Waals surface area contributed by atoms with Crippen molar-refractivity contribution in [2.24, 2.45) is 0 Å². The highest BCUT2D eigenvalue weighted by Crippen LogP contribution is 2.19. The maximum atomic E-state index is 9.64. The molecule has 0 bridgehead atoms. The van der Waals surface area contributed by atoms with E-state index in [9.17, 15) is 10.2 Å². The Labute approximate surface area is 93.8 Å². The molecule has 2 aromatic rings. The molecular weight excluding hydrogens is 204 g/mol. The average Bonchev–Trinajstić information content (AvgIpc) is 2.69. The Bertz CT molecular complexity index is 477. The van der Waals surface area contributed by atoms with Crippen LogP contribution in [-0.2, 0) is 6.54 Å². The van der Waals surface area contributed by atoms with Crippen LogP contribution in [0.1, 0.15) is 24.4 Å². The van der Waals surface area contributed by atoms with Crippen LogP contribution in [0.4, 0.5) is 0 Å². The second-order valence-electron chi connectivity index (χ2n) is 3.72. The molecule has 2 N–H and O–H groups in total. The lowest BCUT2D eigenvalue weighted by atomic mass is 10.2. The second-order valence-corrected chi connectivity index (χ2v) is 3.72. The van der Waals surface area contributed by atoms with Crippen LogP contribution in [0.3, 0.4) is 0 Å². The molecule has 0 saturated heterocycles. The van der Waals surface area contributed by atoms with E-state index in [0.717, 1.165) is 5.56 Å². The van der Waals surface area contributed by atoms with Gasteiger partial charge in [0.15, 0.2) is 0 Å². The van der Waals surface area contributed by atoms with Gasteiger partial charge in [0.25, 0.3) is 0 Å². The fourth-order valence-corrected chi connectivity index (χ4v) is 1.65. The fourth-order valence-electron chi connectivity index (χ4n) is 1.65. The van der Waals surface area contributed by atoms with Gasteiger partial charge in [-0.1, -0.05) is 18.2 Å². The van der Waals surface area contributed by atoms with Crippen molar-refractivity contribution >= 4 is 0 Å². The molecule has 4 heteroatoms. The van der Waals surface area contributed by atoms with E-state index in [-0.39, 0.29) is 5.75 Å². The minimum Gasteiger partial charge on any atom is -0.508 e. The Balaban J connectivity index is 2.27. The van der Waals surface area contributed by atoms with Gasteiger partial charge in [0.1, 0.15) is 17.7 Å². The molecule has 84 valence electrons. The van der Waals surface area contributed by atoms with Crippen LogP contribution in [0, 0.1) is 0 Å². The Morgan fingerprint density at radius 2 is 2.12 bits per heavy atom. The third kappa shape index (κ3) is 2.06. The number of nitrogens with zero attached hydrogens (tertiary/aromatic N) is 2. The van der Waals surface area contributed by atoms with E-state index in [1.165, 1.54) is 0 Å². The standard InChI is InChI=1S/C12H14N2O2/c1-9(15)12-13-6-7-14(12)8-10-4-2-3-5-11(10)16/h2-7,9,15-16H,8H2,1H3. The molecule has 16 heavy (non-hydrogen) atoms. The fraction of sp³-hybridized carbons (Fsp3) is 0.250. The number of aliphatic hydroxyl groups is 1. The molecule has 1 unspecified atom stereocenters. The number of rotatable bonds is 3. The summed E-state index contributed by atoms with van der Waals surface area (Å²) in [5.41, 5.74) is 0.808. The van der Waals surface area contributed by atoms with Crippen molar-refractivity contribution in [1.82, 2.24) is 9.55 Å². The van der Waals surface area contributed by atoms with Crippen molar-refractivity contribution in [3.05, 3.63) is 48.0 Å². The lowest BCUT2D eigenvalue weighted by Gasteiger charge is -2.10. The first-order chi connectivity index (χ1) is 7.68. The molecule has 0 spiro atoms. The van der Waals surface area contributed by atoms with Crippen LogP contribution < -0.4 is 0 Å². The van der Waals surface area contributed by atoms with Gasteiger partial charge in [-0.15, -0.1) is 0 Å². The number of imidazole rings is 1. The van der Waals surface area contributed by atoms with Crippen LogP contribution in [0.25, 0.3) is 0 Å². The van der Waals surface area contributed by atoms with Gasteiger partial charge in [-0.05, 0) is 13.0 Å². The first kappa shape index (κ1) is 10.7. The minimum absolute atomic E-state index is 0.257. The molecule has 0 aliphatic carbocycles. The highest BCUT2D eigenvalue weighted by Gasteiger charge is 2.09. The smallest absolute Gasteiger partial charge is 0.137 e. The Kier molecular flexibility index (Phi) is 2.92. The summed E-state index contributed by atoms with van der Waals surface area (Å²) in [4.78, 5) is 4.07. The molecule has 0 amide bonds. The van der Waals surface area contributed by atoms with Crippen molar-refractivity contribution in [1.29, 1.82) is 0 Å². The second kappa shape index (κ2) is 4.37. The highest BCUT2D eigenvalue weighted by molar-refractivity contribution is 5.32. The number of hydrogen-bond acceptors (Lipinski definition) is 3. The third-order valence-electron chi connectivity index (χ3n) is 2.45. The molecule has 2 rings (SSSR count). The molecule has 0 saturated carbocycles. The summed E-state index contributed by atoms with van der Waals surface area (Å²) in [5, 5.41) is 19.1. The molecule has 1 heterocycles. The lowest BCUT2D eigenvalue weighted by Crippen LogP contribution is -2.07. The molecule has 0 aliphatic rings. The molecule has 0 aliphatic heterocycles. The number of aromatic nitrogens is 2. The van der Waals surface area contributed by atoms with Gasteiger partial charge in [0.2, 0.25) is 0 Å². The number of phenolic OH excluding ortho intramolecular Hbond substituents is 1. The quantitative estimate of drug-likeness (QED) is 0.824. The van der Waals surface area contributed by atoms with Gasteiger partial charge in [0.05, 0.1) is 6.54 Å². The van der Waals surface area contributed by atoms with E-state index < -0.39 is 6.10 Å². The maximum absolute atomic E-state index is 9.64. The monoisotopic (exact) mass is 218 g/mol. The predicted molar refractivity (Wildman–Crippen MR) is 60.1 cm³/mol. The van der Waals surface area contributed by atoms with Crippen molar-refractivity contribution < 1.29 is 10.2 Å². The zero-order valence-corrected chi connectivity index (χ0v) is 9.04. The number of phenols is 1. The van der Waals surface area contributed by atoms with Crippen LogP contribution in [-0.4, -0.2) is 19.8 Å². The first-order valence-corrected chi connectivity index (χ1v) is 5.14. The first-order valence-electron chi connectivity index (χ1n) is 5.14. The van der Waals surface area contributed by atoms with E-state index in [4.69, 9.17) is 0 Å². The number of benzene rings is 1. The van der Waals surface area contributed by atoms with E-state index in [2.05, 4.69) is 4.98 Å². The summed E-state index contributed by atoms with van der Waals surface area (Å²) in [6.45, 7) is 2.18. The molecule has 0 fully saturated rings. The summed E-state index contributed by atoms with van der Waals surface area (Å²) < 4.78 is 1.82. The van der Waals surface area contributed by atoms with Crippen molar-refractivity contribution in [2.75, 3.05) is 0 Å². The minimum atomic E-state index is -0.610. The van der Waals surface area contributed by atoms with Gasteiger partial charge in [0, 0.05) is 18.0 Å². The largest absolute Gasteiger partial charge is 0.508 e. The molecule has 0 radical (unpaired) electrons. The Morgan fingerprint density at radius 1 is 1.38 bits per heavy atom. The summed E-state index contributed by atoms with van der Waals surface area (Å²) in [5.74, 6) is 0.857. The normalized spacial score (nSPS) is 12.6. The van der Waals surface area contributed by atoms with Crippen LogP contribution in [0.5, 0.6) is 5.75 Å². The average molecular weight is 218 g/mol. The van der Waals surface area contributed by atoms with Gasteiger partial charge in [-0.2, -0.15) is 0 Å². The zero-order valence-electron chi connectivity index (χ0n) is 9.04. The van der Waals surface area contributed by atoms with E-state index in [1.807, 2.05) is 16.7 Å². The summed E-state index contributed by atoms with van der Waals surface area (Å²) >= 11 is 0. The highest BCUT2D eigenvalue weighted by atomic mass is 16.3. The topological polar surface area (TPSA) is 58.3 Å². The number of aliphatic hydroxyl groups excluding tert-OH is 1.